The van der Waals surface area contributed by atoms with Crippen molar-refractivity contribution in [1.29, 1.82) is 0 Å². The van der Waals surface area contributed by atoms with E-state index in [0.717, 1.165) is 31.7 Å². The van der Waals surface area contributed by atoms with Gasteiger partial charge in [-0.25, -0.2) is 0 Å². The summed E-state index contributed by atoms with van der Waals surface area (Å²) in [4.78, 5) is 27.5. The van der Waals surface area contributed by atoms with Crippen molar-refractivity contribution in [3.8, 4) is 5.75 Å². The molecule has 3 rings (SSSR count). The molecule has 1 aromatic rings. The molecule has 1 aliphatic carbocycles. The Morgan fingerprint density at radius 2 is 1.92 bits per heavy atom. The van der Waals surface area contributed by atoms with E-state index >= 15 is 0 Å². The molecule has 5 nitrogen and oxygen atoms in total. The molecule has 0 bridgehead atoms. The van der Waals surface area contributed by atoms with Gasteiger partial charge in [0.25, 0.3) is 0 Å². The first kappa shape index (κ1) is 17.8. The predicted molar refractivity (Wildman–Crippen MR) is 97.5 cm³/mol. The highest BCUT2D eigenvalue weighted by atomic mass is 16.5. The Morgan fingerprint density at radius 1 is 1.24 bits per heavy atom. The molecule has 0 aromatic heterocycles. The third-order valence-electron chi connectivity index (χ3n) is 5.02. The SMILES string of the molecule is CC1CCCN(C(=O)C2(C(=O)Nc3ccc(OC(C)C)cc3)CC2)C1. The number of nitrogens with zero attached hydrogens (tertiary/aromatic N) is 1. The summed E-state index contributed by atoms with van der Waals surface area (Å²) in [7, 11) is 0. The lowest BCUT2D eigenvalue weighted by molar-refractivity contribution is -0.143. The van der Waals surface area contributed by atoms with Crippen molar-refractivity contribution in [3.05, 3.63) is 24.3 Å². The molecule has 1 heterocycles. The summed E-state index contributed by atoms with van der Waals surface area (Å²) < 4.78 is 5.61. The maximum atomic E-state index is 12.9. The number of amides is 2. The Morgan fingerprint density at radius 3 is 2.48 bits per heavy atom. The second-order valence-corrected chi connectivity index (χ2v) is 7.73. The Kier molecular flexibility index (Phi) is 5.02. The van der Waals surface area contributed by atoms with Gasteiger partial charge in [-0.1, -0.05) is 6.92 Å². The van der Waals surface area contributed by atoms with Gasteiger partial charge in [0.05, 0.1) is 6.10 Å². The second kappa shape index (κ2) is 7.06. The van der Waals surface area contributed by atoms with E-state index in [0.29, 0.717) is 24.4 Å². The molecule has 2 aliphatic rings. The molecule has 2 amide bonds. The molecule has 136 valence electrons. The van der Waals surface area contributed by atoms with Crippen LogP contribution in [0, 0.1) is 11.3 Å². The van der Waals surface area contributed by atoms with E-state index in [2.05, 4.69) is 12.2 Å². The van der Waals surface area contributed by atoms with E-state index < -0.39 is 5.41 Å². The molecule has 1 atom stereocenters. The number of carbonyl (C=O) groups excluding carboxylic acids is 2. The Labute approximate surface area is 149 Å². The van der Waals surface area contributed by atoms with Gasteiger partial charge in [0, 0.05) is 18.8 Å². The van der Waals surface area contributed by atoms with Crippen molar-refractivity contribution in [2.24, 2.45) is 11.3 Å². The first-order valence-electron chi connectivity index (χ1n) is 9.28. The zero-order valence-corrected chi connectivity index (χ0v) is 15.4. The molecule has 1 aliphatic heterocycles. The molecule has 1 unspecified atom stereocenters. The number of hydrogen-bond donors (Lipinski definition) is 1. The van der Waals surface area contributed by atoms with Crippen LogP contribution in [0.5, 0.6) is 5.75 Å². The molecule has 1 saturated heterocycles. The van der Waals surface area contributed by atoms with Gasteiger partial charge in [-0.3, -0.25) is 9.59 Å². The van der Waals surface area contributed by atoms with Gasteiger partial charge in [0.15, 0.2) is 0 Å². The van der Waals surface area contributed by atoms with Crippen molar-refractivity contribution in [1.82, 2.24) is 4.90 Å². The van der Waals surface area contributed by atoms with E-state index in [4.69, 9.17) is 4.74 Å². The van der Waals surface area contributed by atoms with E-state index in [-0.39, 0.29) is 17.9 Å². The minimum atomic E-state index is -0.843. The molecule has 0 spiro atoms. The maximum Gasteiger partial charge on any atom is 0.240 e. The summed E-state index contributed by atoms with van der Waals surface area (Å²) in [6.07, 6.45) is 3.60. The predicted octanol–water partition coefficient (Wildman–Crippen LogP) is 3.45. The topological polar surface area (TPSA) is 58.6 Å². The number of hydrogen-bond acceptors (Lipinski definition) is 3. The van der Waals surface area contributed by atoms with Crippen LogP contribution in [0.2, 0.25) is 0 Å². The summed E-state index contributed by atoms with van der Waals surface area (Å²) in [6, 6.07) is 7.31. The van der Waals surface area contributed by atoms with E-state index in [1.807, 2.05) is 43.0 Å². The molecule has 2 fully saturated rings. The van der Waals surface area contributed by atoms with Crippen LogP contribution >= 0.6 is 0 Å². The third kappa shape index (κ3) is 3.97. The number of nitrogens with one attached hydrogen (secondary N) is 1. The lowest BCUT2D eigenvalue weighted by atomic mass is 9.96. The van der Waals surface area contributed by atoms with Crippen LogP contribution in [0.4, 0.5) is 5.69 Å². The average molecular weight is 344 g/mol. The van der Waals surface area contributed by atoms with Gasteiger partial charge in [-0.2, -0.15) is 0 Å². The van der Waals surface area contributed by atoms with Crippen LogP contribution in [0.15, 0.2) is 24.3 Å². The smallest absolute Gasteiger partial charge is 0.240 e. The summed E-state index contributed by atoms with van der Waals surface area (Å²) in [5, 5.41) is 2.91. The largest absolute Gasteiger partial charge is 0.491 e. The van der Waals surface area contributed by atoms with E-state index in [1.54, 1.807) is 0 Å². The average Bonchev–Trinajstić information content (AvgIpc) is 3.37. The third-order valence-corrected chi connectivity index (χ3v) is 5.02. The zero-order valence-electron chi connectivity index (χ0n) is 15.4. The van der Waals surface area contributed by atoms with Crippen LogP contribution in [-0.4, -0.2) is 35.9 Å². The maximum absolute atomic E-state index is 12.9. The molecular weight excluding hydrogens is 316 g/mol. The van der Waals surface area contributed by atoms with Crippen LogP contribution in [0.25, 0.3) is 0 Å². The lowest BCUT2D eigenvalue weighted by Gasteiger charge is -2.33. The van der Waals surface area contributed by atoms with Crippen LogP contribution in [0.3, 0.4) is 0 Å². The van der Waals surface area contributed by atoms with Gasteiger partial charge >= 0.3 is 0 Å². The number of piperidine rings is 1. The van der Waals surface area contributed by atoms with E-state index in [9.17, 15) is 9.59 Å². The highest BCUT2D eigenvalue weighted by Gasteiger charge is 2.58. The highest BCUT2D eigenvalue weighted by molar-refractivity contribution is 6.13. The highest BCUT2D eigenvalue weighted by Crippen LogP contribution is 2.48. The van der Waals surface area contributed by atoms with Crippen LogP contribution in [-0.2, 0) is 9.59 Å². The normalized spacial score (nSPS) is 21.8. The lowest BCUT2D eigenvalue weighted by Crippen LogP contribution is -2.46. The van der Waals surface area contributed by atoms with Crippen molar-refractivity contribution >= 4 is 17.5 Å². The summed E-state index contributed by atoms with van der Waals surface area (Å²) in [5.41, 5.74) is -0.142. The molecule has 1 N–H and O–H groups in total. The minimum Gasteiger partial charge on any atom is -0.491 e. The van der Waals surface area contributed by atoms with Crippen molar-refractivity contribution in [2.75, 3.05) is 18.4 Å². The van der Waals surface area contributed by atoms with Crippen LogP contribution < -0.4 is 10.1 Å². The minimum absolute atomic E-state index is 0.0105. The quantitative estimate of drug-likeness (QED) is 0.832. The fraction of sp³-hybridized carbons (Fsp3) is 0.600. The molecule has 1 saturated carbocycles. The number of rotatable bonds is 5. The second-order valence-electron chi connectivity index (χ2n) is 7.73. The Bertz CT molecular complexity index is 635. The van der Waals surface area contributed by atoms with Gasteiger partial charge < -0.3 is 15.0 Å². The van der Waals surface area contributed by atoms with Crippen LogP contribution in [0.1, 0.15) is 46.5 Å². The monoisotopic (exact) mass is 344 g/mol. The fourth-order valence-electron chi connectivity index (χ4n) is 3.48. The van der Waals surface area contributed by atoms with Gasteiger partial charge in [0.1, 0.15) is 11.2 Å². The van der Waals surface area contributed by atoms with Gasteiger partial charge in [-0.05, 0) is 69.7 Å². The molecular formula is C20H28N2O3. The van der Waals surface area contributed by atoms with Crippen molar-refractivity contribution in [2.45, 2.75) is 52.6 Å². The number of carbonyl (C=O) groups is 2. The Hall–Kier alpha value is -2.04. The summed E-state index contributed by atoms with van der Waals surface area (Å²) >= 11 is 0. The Balaban J connectivity index is 1.63. The van der Waals surface area contributed by atoms with Crippen molar-refractivity contribution < 1.29 is 14.3 Å². The molecule has 0 radical (unpaired) electrons. The van der Waals surface area contributed by atoms with Gasteiger partial charge in [-0.15, -0.1) is 0 Å². The number of ether oxygens (including phenoxy) is 1. The summed E-state index contributed by atoms with van der Waals surface area (Å²) in [5.74, 6) is 1.13. The van der Waals surface area contributed by atoms with Crippen molar-refractivity contribution in [3.63, 3.8) is 0 Å². The number of likely N-dealkylation sites (tertiary alicyclic amines) is 1. The first-order chi connectivity index (χ1) is 11.9. The number of benzene rings is 1. The standard InChI is InChI=1S/C20H28N2O3/c1-14(2)25-17-8-6-16(7-9-17)21-18(23)20(10-11-20)19(24)22-12-4-5-15(3)13-22/h6-9,14-15H,4-5,10-13H2,1-3H3,(H,21,23). The fourth-order valence-corrected chi connectivity index (χ4v) is 3.48. The molecule has 5 heteroatoms. The van der Waals surface area contributed by atoms with Gasteiger partial charge in [0.2, 0.25) is 11.8 Å². The number of anilines is 1. The zero-order chi connectivity index (χ0) is 18.0. The molecule has 25 heavy (non-hydrogen) atoms. The summed E-state index contributed by atoms with van der Waals surface area (Å²) in [6.45, 7) is 7.66. The van der Waals surface area contributed by atoms with E-state index in [1.165, 1.54) is 0 Å². The first-order valence-corrected chi connectivity index (χ1v) is 9.28. The molecule has 1 aromatic carbocycles.